The van der Waals surface area contributed by atoms with E-state index < -0.39 is 59.8 Å². The van der Waals surface area contributed by atoms with E-state index in [-0.39, 0.29) is 19.6 Å². The summed E-state index contributed by atoms with van der Waals surface area (Å²) in [5.74, 6) is -0.395. The Labute approximate surface area is 335 Å². The number of esters is 1. The third kappa shape index (κ3) is 29.0. The highest BCUT2D eigenvalue weighted by Gasteiger charge is 2.48. The predicted octanol–water partition coefficient (Wildman–Crippen LogP) is 8.91. The van der Waals surface area contributed by atoms with Gasteiger partial charge >= 0.3 is 16.4 Å². The molecule has 1 aliphatic rings. The van der Waals surface area contributed by atoms with E-state index in [0.717, 1.165) is 38.5 Å². The summed E-state index contributed by atoms with van der Waals surface area (Å²) in [5, 5.41) is 30.6. The van der Waals surface area contributed by atoms with Gasteiger partial charge in [-0.1, -0.05) is 181 Å². The molecular formula is C42H82O12S. The maximum atomic E-state index is 12.8. The van der Waals surface area contributed by atoms with Crippen molar-refractivity contribution in [3.8, 4) is 0 Å². The van der Waals surface area contributed by atoms with Gasteiger partial charge in [0.25, 0.3) is 0 Å². The van der Waals surface area contributed by atoms with Gasteiger partial charge in [-0.3, -0.25) is 9.35 Å². The number of aliphatic hydroxyl groups is 3. The molecule has 0 saturated carbocycles. The van der Waals surface area contributed by atoms with Crippen LogP contribution in [-0.4, -0.2) is 97.5 Å². The Morgan fingerprint density at radius 2 is 1.04 bits per heavy atom. The zero-order valence-electron chi connectivity index (χ0n) is 34.8. The van der Waals surface area contributed by atoms with Crippen LogP contribution in [0.5, 0.6) is 0 Å². The lowest BCUT2D eigenvalue weighted by Gasteiger charge is -2.41. The second kappa shape index (κ2) is 35.1. The van der Waals surface area contributed by atoms with Crippen molar-refractivity contribution >= 4 is 16.4 Å². The molecule has 0 radical (unpaired) electrons. The van der Waals surface area contributed by atoms with Crippen LogP contribution < -0.4 is 0 Å². The minimum absolute atomic E-state index is 0.0444. The molecule has 1 heterocycles. The highest BCUT2D eigenvalue weighted by atomic mass is 32.3. The highest BCUT2D eigenvalue weighted by Crippen LogP contribution is 2.26. The lowest BCUT2D eigenvalue weighted by atomic mass is 9.99. The van der Waals surface area contributed by atoms with Crippen LogP contribution in [0.2, 0.25) is 0 Å². The third-order valence-corrected chi connectivity index (χ3v) is 10.9. The summed E-state index contributed by atoms with van der Waals surface area (Å²) in [6.45, 7) is 4.02. The van der Waals surface area contributed by atoms with Gasteiger partial charge < -0.3 is 34.3 Å². The Kier molecular flexibility index (Phi) is 33.2. The molecule has 0 unspecified atom stereocenters. The van der Waals surface area contributed by atoms with Crippen LogP contribution in [-0.2, 0) is 38.3 Å². The van der Waals surface area contributed by atoms with Gasteiger partial charge in [0.15, 0.2) is 6.29 Å². The van der Waals surface area contributed by atoms with Crippen molar-refractivity contribution in [3.63, 3.8) is 0 Å². The van der Waals surface area contributed by atoms with E-state index in [1.807, 2.05) is 0 Å². The number of hydrogen-bond acceptors (Lipinski definition) is 11. The zero-order chi connectivity index (χ0) is 40.4. The first kappa shape index (κ1) is 52.1. The van der Waals surface area contributed by atoms with Crippen molar-refractivity contribution in [1.29, 1.82) is 0 Å². The molecule has 6 atom stereocenters. The smallest absolute Gasteiger partial charge is 0.397 e. The minimum atomic E-state index is -5.05. The van der Waals surface area contributed by atoms with Crippen LogP contribution in [0.25, 0.3) is 0 Å². The lowest BCUT2D eigenvalue weighted by Crippen LogP contribution is -2.60. The average molecular weight is 811 g/mol. The van der Waals surface area contributed by atoms with Gasteiger partial charge in [0.1, 0.15) is 30.5 Å². The van der Waals surface area contributed by atoms with Gasteiger partial charge in [0.2, 0.25) is 0 Å². The first-order valence-electron chi connectivity index (χ1n) is 22.3. The molecule has 1 saturated heterocycles. The van der Waals surface area contributed by atoms with Crippen molar-refractivity contribution in [3.05, 3.63) is 0 Å². The second-order valence-corrected chi connectivity index (χ2v) is 16.7. The van der Waals surface area contributed by atoms with Gasteiger partial charge in [-0.15, -0.1) is 0 Å². The number of hydrogen-bond donors (Lipinski definition) is 4. The summed E-state index contributed by atoms with van der Waals surface area (Å²) in [5.41, 5.74) is 0. The van der Waals surface area contributed by atoms with E-state index >= 15 is 0 Å². The highest BCUT2D eigenvalue weighted by molar-refractivity contribution is 7.80. The van der Waals surface area contributed by atoms with Gasteiger partial charge in [0.05, 0.1) is 19.8 Å². The van der Waals surface area contributed by atoms with E-state index in [0.29, 0.717) is 13.0 Å². The van der Waals surface area contributed by atoms with Crippen molar-refractivity contribution < 1.29 is 56.2 Å². The average Bonchev–Trinajstić information content (AvgIpc) is 3.15. The Bertz CT molecular complexity index is 984. The van der Waals surface area contributed by atoms with E-state index in [4.69, 9.17) is 23.5 Å². The fourth-order valence-electron chi connectivity index (χ4n) is 7.09. The SMILES string of the molecule is CCCCCCCCCCCCCCCCCOC[C@H](CO[C@@H]1O[C@H](CO)[C@H](O)[C@H](OS(=O)(=O)O)[C@H]1O)OC(=O)CCCCCCCCCCCCCCC. The van der Waals surface area contributed by atoms with Crippen molar-refractivity contribution in [2.45, 2.75) is 237 Å². The van der Waals surface area contributed by atoms with Gasteiger partial charge in [0, 0.05) is 13.0 Å². The fourth-order valence-corrected chi connectivity index (χ4v) is 7.59. The van der Waals surface area contributed by atoms with E-state index in [1.54, 1.807) is 0 Å². The molecule has 55 heavy (non-hydrogen) atoms. The van der Waals surface area contributed by atoms with E-state index in [9.17, 15) is 28.5 Å². The quantitative estimate of drug-likeness (QED) is 0.0264. The molecule has 328 valence electrons. The minimum Gasteiger partial charge on any atom is -0.457 e. The maximum Gasteiger partial charge on any atom is 0.397 e. The zero-order valence-corrected chi connectivity index (χ0v) is 35.6. The molecule has 0 aliphatic carbocycles. The van der Waals surface area contributed by atoms with Crippen LogP contribution >= 0.6 is 0 Å². The first-order chi connectivity index (χ1) is 26.6. The molecule has 0 aromatic rings. The number of unbranched alkanes of at least 4 members (excludes halogenated alkanes) is 26. The number of rotatable bonds is 39. The number of aliphatic hydroxyl groups excluding tert-OH is 3. The summed E-state index contributed by atoms with van der Waals surface area (Å²) in [7, 11) is -5.05. The van der Waals surface area contributed by atoms with Crippen LogP contribution in [0.15, 0.2) is 0 Å². The molecule has 0 spiro atoms. The molecule has 1 fully saturated rings. The summed E-state index contributed by atoms with van der Waals surface area (Å²) in [4.78, 5) is 12.8. The van der Waals surface area contributed by atoms with Gasteiger partial charge in [-0.25, -0.2) is 4.18 Å². The van der Waals surface area contributed by atoms with Gasteiger partial charge in [-0.05, 0) is 12.8 Å². The molecule has 13 heteroatoms. The molecular weight excluding hydrogens is 729 g/mol. The molecule has 0 aromatic carbocycles. The second-order valence-electron chi connectivity index (χ2n) is 15.7. The summed E-state index contributed by atoms with van der Waals surface area (Å²) < 4.78 is 59.0. The summed E-state index contributed by atoms with van der Waals surface area (Å²) in [6.07, 6.45) is 25.6. The normalized spacial score (nSPS) is 20.9. The molecule has 12 nitrogen and oxygen atoms in total. The third-order valence-electron chi connectivity index (χ3n) is 10.5. The predicted molar refractivity (Wildman–Crippen MR) is 216 cm³/mol. The van der Waals surface area contributed by atoms with Gasteiger partial charge in [-0.2, -0.15) is 8.42 Å². The molecule has 1 rings (SSSR count). The number of carbonyl (C=O) groups excluding carboxylic acids is 1. The summed E-state index contributed by atoms with van der Waals surface area (Å²) >= 11 is 0. The summed E-state index contributed by atoms with van der Waals surface area (Å²) in [6, 6.07) is 0. The fraction of sp³-hybridized carbons (Fsp3) is 0.976. The Morgan fingerprint density at radius 1 is 0.618 bits per heavy atom. The van der Waals surface area contributed by atoms with Crippen LogP contribution in [0.4, 0.5) is 0 Å². The maximum absolute atomic E-state index is 12.8. The van der Waals surface area contributed by atoms with E-state index in [1.165, 1.54) is 135 Å². The molecule has 4 N–H and O–H groups in total. The van der Waals surface area contributed by atoms with Crippen molar-refractivity contribution in [1.82, 2.24) is 0 Å². The number of ether oxygens (including phenoxy) is 4. The van der Waals surface area contributed by atoms with Crippen LogP contribution in [0, 0.1) is 0 Å². The molecule has 0 aromatic heterocycles. The van der Waals surface area contributed by atoms with E-state index in [2.05, 4.69) is 18.0 Å². The van der Waals surface area contributed by atoms with Crippen LogP contribution in [0.3, 0.4) is 0 Å². The Morgan fingerprint density at radius 3 is 1.45 bits per heavy atom. The van der Waals surface area contributed by atoms with Crippen molar-refractivity contribution in [2.75, 3.05) is 26.4 Å². The first-order valence-corrected chi connectivity index (χ1v) is 23.7. The lowest BCUT2D eigenvalue weighted by molar-refractivity contribution is -0.301. The topological polar surface area (TPSA) is 178 Å². The van der Waals surface area contributed by atoms with Crippen LogP contribution in [0.1, 0.15) is 200 Å². The standard InChI is InChI=1S/C42H82O12S/c1-3-5-7-9-11-13-15-17-18-20-22-24-26-28-30-32-50-34-36(35-51-42-40(46)41(54-55(47,48)49)39(45)37(33-43)53-42)52-38(44)31-29-27-25-23-21-19-16-14-12-10-8-6-4-2/h36-37,39-43,45-46H,3-35H2,1-2H3,(H,47,48,49)/t36-,37-,39+,40-,41+,42-/m1/s1. The number of carbonyl (C=O) groups is 1. The Balaban J connectivity index is 2.43. The Hall–Kier alpha value is -0.900. The molecule has 1 aliphatic heterocycles. The largest absolute Gasteiger partial charge is 0.457 e. The van der Waals surface area contributed by atoms with Crippen molar-refractivity contribution in [2.24, 2.45) is 0 Å². The monoisotopic (exact) mass is 811 g/mol. The molecule has 0 bridgehead atoms. The molecule has 0 amide bonds.